The van der Waals surface area contributed by atoms with E-state index in [1.807, 2.05) is 12.1 Å². The smallest absolute Gasteiger partial charge is 0.212 e. The van der Waals surface area contributed by atoms with Crippen molar-refractivity contribution in [2.45, 2.75) is 40.8 Å². The van der Waals surface area contributed by atoms with Crippen molar-refractivity contribution in [2.75, 3.05) is 16.8 Å². The SMILES string of the molecule is [C-]#[N+]c1cccc2c1N(c1c(C)c(C)cc(C)c1C)[C@@H](C)N2C. The highest BCUT2D eigenvalue weighted by Gasteiger charge is 2.35. The third-order valence-corrected chi connectivity index (χ3v) is 5.24. The van der Waals surface area contributed by atoms with Gasteiger partial charge in [-0.3, -0.25) is 0 Å². The van der Waals surface area contributed by atoms with Crippen molar-refractivity contribution >= 4 is 22.7 Å². The predicted octanol–water partition coefficient (Wildman–Crippen LogP) is 5.40. The first kappa shape index (κ1) is 15.4. The third kappa shape index (κ3) is 2.09. The van der Waals surface area contributed by atoms with E-state index in [1.165, 1.54) is 27.9 Å². The van der Waals surface area contributed by atoms with Gasteiger partial charge >= 0.3 is 0 Å². The van der Waals surface area contributed by atoms with E-state index in [9.17, 15) is 0 Å². The summed E-state index contributed by atoms with van der Waals surface area (Å²) < 4.78 is 0. The van der Waals surface area contributed by atoms with Gasteiger partial charge in [0, 0.05) is 12.7 Å². The van der Waals surface area contributed by atoms with E-state index < -0.39 is 0 Å². The van der Waals surface area contributed by atoms with Crippen LogP contribution < -0.4 is 9.80 Å². The molecule has 3 rings (SSSR count). The van der Waals surface area contributed by atoms with E-state index in [1.54, 1.807) is 0 Å². The first-order valence-electron chi connectivity index (χ1n) is 7.98. The van der Waals surface area contributed by atoms with Gasteiger partial charge in [0.1, 0.15) is 6.17 Å². The molecule has 0 saturated carbocycles. The Bertz CT molecular complexity index is 804. The van der Waals surface area contributed by atoms with Gasteiger partial charge < -0.3 is 9.80 Å². The van der Waals surface area contributed by atoms with Crippen LogP contribution in [0.5, 0.6) is 0 Å². The van der Waals surface area contributed by atoms with Gasteiger partial charge in [0.15, 0.2) is 0 Å². The average molecular weight is 305 g/mol. The highest BCUT2D eigenvalue weighted by Crippen LogP contribution is 2.50. The van der Waals surface area contributed by atoms with Gasteiger partial charge in [-0.2, -0.15) is 0 Å². The number of hydrogen-bond donors (Lipinski definition) is 0. The zero-order chi connectivity index (χ0) is 16.9. The molecule has 0 N–H and O–H groups in total. The van der Waals surface area contributed by atoms with Crippen molar-refractivity contribution in [1.82, 2.24) is 0 Å². The van der Waals surface area contributed by atoms with Crippen LogP contribution in [-0.4, -0.2) is 13.2 Å². The summed E-state index contributed by atoms with van der Waals surface area (Å²) in [6, 6.07) is 8.24. The minimum absolute atomic E-state index is 0.187. The van der Waals surface area contributed by atoms with Crippen LogP contribution in [-0.2, 0) is 0 Å². The Balaban J connectivity index is 2.35. The molecule has 118 valence electrons. The van der Waals surface area contributed by atoms with E-state index >= 15 is 0 Å². The first-order valence-corrected chi connectivity index (χ1v) is 7.98. The standard InChI is InChI=1S/C20H23N3/c1-12-11-13(2)15(4)19(14(12)3)23-16(5)22(7)18-10-8-9-17(21-6)20(18)23/h8-11,16H,1-5,7H3/t16-/m0/s1. The molecule has 1 heterocycles. The molecule has 2 aromatic carbocycles. The monoisotopic (exact) mass is 305 g/mol. The molecule has 2 aromatic rings. The van der Waals surface area contributed by atoms with Crippen molar-refractivity contribution in [3.8, 4) is 0 Å². The van der Waals surface area contributed by atoms with Crippen LogP contribution >= 0.6 is 0 Å². The van der Waals surface area contributed by atoms with E-state index in [-0.39, 0.29) is 6.17 Å². The summed E-state index contributed by atoms with van der Waals surface area (Å²) in [5.41, 5.74) is 9.31. The molecular weight excluding hydrogens is 282 g/mol. The number of rotatable bonds is 1. The second kappa shape index (κ2) is 5.31. The summed E-state index contributed by atoms with van der Waals surface area (Å²) in [5, 5.41) is 0. The van der Waals surface area contributed by atoms with Crippen LogP contribution in [0.3, 0.4) is 0 Å². The van der Waals surface area contributed by atoms with Crippen LogP contribution in [0.15, 0.2) is 24.3 Å². The number of anilines is 3. The summed E-state index contributed by atoms with van der Waals surface area (Å²) in [5.74, 6) is 0. The number of fused-ring (bicyclic) bond motifs is 1. The van der Waals surface area contributed by atoms with Gasteiger partial charge in [0.2, 0.25) is 5.69 Å². The Labute approximate surface area is 139 Å². The van der Waals surface area contributed by atoms with Gasteiger partial charge in [-0.25, -0.2) is 4.85 Å². The highest BCUT2D eigenvalue weighted by molar-refractivity contribution is 5.94. The highest BCUT2D eigenvalue weighted by atomic mass is 15.4. The van der Waals surface area contributed by atoms with Crippen LogP contribution in [0.4, 0.5) is 22.7 Å². The molecule has 1 atom stereocenters. The fourth-order valence-electron chi connectivity index (χ4n) is 3.56. The fraction of sp³-hybridized carbons (Fsp3) is 0.350. The quantitative estimate of drug-likeness (QED) is 0.653. The Hall–Kier alpha value is -2.47. The zero-order valence-corrected chi connectivity index (χ0v) is 14.7. The molecule has 0 bridgehead atoms. The predicted molar refractivity (Wildman–Crippen MR) is 98.1 cm³/mol. The van der Waals surface area contributed by atoms with E-state index in [2.05, 4.69) is 68.4 Å². The van der Waals surface area contributed by atoms with Crippen LogP contribution in [0.2, 0.25) is 0 Å². The van der Waals surface area contributed by atoms with Crippen molar-refractivity contribution in [2.24, 2.45) is 0 Å². The molecule has 0 fully saturated rings. The minimum atomic E-state index is 0.187. The molecule has 0 amide bonds. The maximum atomic E-state index is 7.57. The topological polar surface area (TPSA) is 10.8 Å². The average Bonchev–Trinajstić information content (AvgIpc) is 2.78. The van der Waals surface area contributed by atoms with Crippen molar-refractivity contribution in [1.29, 1.82) is 0 Å². The summed E-state index contributed by atoms with van der Waals surface area (Å²) in [7, 11) is 2.10. The molecule has 3 nitrogen and oxygen atoms in total. The van der Waals surface area contributed by atoms with Gasteiger partial charge in [0.25, 0.3) is 0 Å². The summed E-state index contributed by atoms with van der Waals surface area (Å²) in [4.78, 5) is 8.36. The lowest BCUT2D eigenvalue weighted by atomic mass is 9.97. The molecule has 1 aliphatic rings. The lowest BCUT2D eigenvalue weighted by Gasteiger charge is -2.32. The van der Waals surface area contributed by atoms with Gasteiger partial charge in [-0.1, -0.05) is 18.2 Å². The van der Waals surface area contributed by atoms with Crippen LogP contribution in [0.25, 0.3) is 4.85 Å². The van der Waals surface area contributed by atoms with Crippen molar-refractivity contribution in [3.63, 3.8) is 0 Å². The number of aryl methyl sites for hydroxylation is 2. The number of para-hydroxylation sites is 1. The summed E-state index contributed by atoms with van der Waals surface area (Å²) >= 11 is 0. The van der Waals surface area contributed by atoms with E-state index in [4.69, 9.17) is 6.57 Å². The van der Waals surface area contributed by atoms with Gasteiger partial charge in [0.05, 0.1) is 17.9 Å². The minimum Gasteiger partial charge on any atom is -0.354 e. The normalized spacial score (nSPS) is 16.5. The maximum Gasteiger partial charge on any atom is 0.212 e. The molecule has 0 saturated heterocycles. The van der Waals surface area contributed by atoms with Crippen molar-refractivity contribution in [3.05, 3.63) is 57.9 Å². The molecule has 0 spiro atoms. The van der Waals surface area contributed by atoms with Gasteiger partial charge in [-0.05, 0) is 62.9 Å². The largest absolute Gasteiger partial charge is 0.354 e. The summed E-state index contributed by atoms with van der Waals surface area (Å²) in [6.45, 7) is 18.5. The lowest BCUT2D eigenvalue weighted by Crippen LogP contribution is -2.36. The maximum absolute atomic E-state index is 7.57. The Morgan fingerprint density at radius 3 is 2.17 bits per heavy atom. The Kier molecular flexibility index (Phi) is 3.56. The number of benzene rings is 2. The van der Waals surface area contributed by atoms with E-state index in [0.29, 0.717) is 0 Å². The van der Waals surface area contributed by atoms with Crippen LogP contribution in [0.1, 0.15) is 29.2 Å². The molecule has 0 aliphatic carbocycles. The van der Waals surface area contributed by atoms with Crippen molar-refractivity contribution < 1.29 is 0 Å². The molecular formula is C20H23N3. The van der Waals surface area contributed by atoms with E-state index in [0.717, 1.165) is 17.1 Å². The second-order valence-electron chi connectivity index (χ2n) is 6.48. The fourth-order valence-corrected chi connectivity index (χ4v) is 3.56. The molecule has 23 heavy (non-hydrogen) atoms. The first-order chi connectivity index (χ1) is 10.9. The lowest BCUT2D eigenvalue weighted by molar-refractivity contribution is 0.730. The number of hydrogen-bond acceptors (Lipinski definition) is 2. The Morgan fingerprint density at radius 1 is 1.00 bits per heavy atom. The molecule has 0 radical (unpaired) electrons. The van der Waals surface area contributed by atoms with Gasteiger partial charge in [-0.15, -0.1) is 0 Å². The second-order valence-corrected chi connectivity index (χ2v) is 6.48. The molecule has 0 unspecified atom stereocenters. The van der Waals surface area contributed by atoms with Crippen LogP contribution in [0, 0.1) is 34.3 Å². The molecule has 0 aromatic heterocycles. The summed E-state index contributed by atoms with van der Waals surface area (Å²) in [6.07, 6.45) is 0.187. The zero-order valence-electron chi connectivity index (χ0n) is 14.7. The number of nitrogens with zero attached hydrogens (tertiary/aromatic N) is 3. The Morgan fingerprint density at radius 2 is 1.61 bits per heavy atom. The third-order valence-electron chi connectivity index (χ3n) is 5.24. The molecule has 3 heteroatoms. The molecule has 1 aliphatic heterocycles.